The Kier molecular flexibility index (Phi) is 8.93. The van der Waals surface area contributed by atoms with Crippen molar-refractivity contribution in [3.63, 3.8) is 0 Å². The zero-order valence-corrected chi connectivity index (χ0v) is 23.5. The minimum absolute atomic E-state index is 0.0463. The van der Waals surface area contributed by atoms with Crippen LogP contribution in [0.25, 0.3) is 16.7 Å². The third kappa shape index (κ3) is 6.33. The van der Waals surface area contributed by atoms with E-state index in [-0.39, 0.29) is 17.9 Å². The average molecular weight is 575 g/mol. The highest BCUT2D eigenvalue weighted by atomic mass is 19.1. The molecular formula is C30H31FN6O5. The highest BCUT2D eigenvalue weighted by Crippen LogP contribution is 2.34. The van der Waals surface area contributed by atoms with Gasteiger partial charge in [-0.25, -0.2) is 14.4 Å². The topological polar surface area (TPSA) is 126 Å². The Balaban J connectivity index is 1.21. The number of carbonyl (C=O) groups is 1. The standard InChI is InChI=1S/C30H31FN6O5/c1-39-20-7-4-6-19(14-20)37-25-16-27(41-3)26(40-2)15-22(25)35-28(37)9-12-32-13-10-29-36-24(18-42-29)30(38)34-17-23-21(31)8-5-11-33-23/h4-8,11,14-16,18,32H,9-10,12-13,17H2,1-3H3,(H,34,38). The summed E-state index contributed by atoms with van der Waals surface area (Å²) in [5, 5.41) is 5.99. The lowest BCUT2D eigenvalue weighted by atomic mass is 10.2. The fourth-order valence-electron chi connectivity index (χ4n) is 4.51. The number of methoxy groups -OCH3 is 3. The SMILES string of the molecule is COc1cccc(-n2c(CCNCCc3nc(C(=O)NCc4ncccc4F)co3)nc3cc(OC)c(OC)cc32)c1. The van der Waals surface area contributed by atoms with E-state index in [0.29, 0.717) is 43.3 Å². The zero-order chi connectivity index (χ0) is 29.5. The summed E-state index contributed by atoms with van der Waals surface area (Å²) in [7, 11) is 4.84. The van der Waals surface area contributed by atoms with Crippen LogP contribution in [0.3, 0.4) is 0 Å². The molecule has 12 heteroatoms. The van der Waals surface area contributed by atoms with Crippen LogP contribution in [0.2, 0.25) is 0 Å². The number of aromatic nitrogens is 4. The van der Waals surface area contributed by atoms with Crippen molar-refractivity contribution < 1.29 is 27.8 Å². The Morgan fingerprint density at radius 3 is 2.57 bits per heavy atom. The molecule has 2 N–H and O–H groups in total. The number of imidazole rings is 1. The highest BCUT2D eigenvalue weighted by molar-refractivity contribution is 5.91. The molecule has 2 aromatic carbocycles. The molecular weight excluding hydrogens is 543 g/mol. The number of ether oxygens (including phenoxy) is 3. The molecule has 0 atom stereocenters. The van der Waals surface area contributed by atoms with E-state index in [2.05, 4.69) is 25.2 Å². The van der Waals surface area contributed by atoms with E-state index in [1.807, 2.05) is 36.4 Å². The minimum atomic E-state index is -0.483. The molecule has 0 aliphatic carbocycles. The van der Waals surface area contributed by atoms with Gasteiger partial charge in [0.2, 0.25) is 0 Å². The Hall–Kier alpha value is -4.97. The van der Waals surface area contributed by atoms with Crippen molar-refractivity contribution in [1.82, 2.24) is 30.2 Å². The minimum Gasteiger partial charge on any atom is -0.497 e. The first-order valence-electron chi connectivity index (χ1n) is 13.3. The summed E-state index contributed by atoms with van der Waals surface area (Å²) in [5.41, 5.74) is 2.85. The molecule has 0 aliphatic heterocycles. The lowest BCUT2D eigenvalue weighted by molar-refractivity contribution is 0.0945. The summed E-state index contributed by atoms with van der Waals surface area (Å²) >= 11 is 0. The van der Waals surface area contributed by atoms with Gasteiger partial charge < -0.3 is 29.3 Å². The van der Waals surface area contributed by atoms with Crippen molar-refractivity contribution in [2.75, 3.05) is 34.4 Å². The van der Waals surface area contributed by atoms with Crippen LogP contribution < -0.4 is 24.8 Å². The number of carbonyl (C=O) groups excluding carboxylic acids is 1. The molecule has 3 aromatic heterocycles. The molecule has 0 saturated heterocycles. The van der Waals surface area contributed by atoms with Gasteiger partial charge in [-0.05, 0) is 24.3 Å². The number of hydrogen-bond acceptors (Lipinski definition) is 9. The quantitative estimate of drug-likeness (QED) is 0.202. The van der Waals surface area contributed by atoms with Crippen LogP contribution in [0.4, 0.5) is 4.39 Å². The number of rotatable bonds is 13. The lowest BCUT2D eigenvalue weighted by Gasteiger charge is -2.12. The molecule has 11 nitrogen and oxygen atoms in total. The van der Waals surface area contributed by atoms with Gasteiger partial charge >= 0.3 is 0 Å². The van der Waals surface area contributed by atoms with Crippen molar-refractivity contribution in [2.24, 2.45) is 0 Å². The van der Waals surface area contributed by atoms with Gasteiger partial charge in [-0.1, -0.05) is 6.07 Å². The summed E-state index contributed by atoms with van der Waals surface area (Å²) in [6, 6.07) is 14.4. The summed E-state index contributed by atoms with van der Waals surface area (Å²) < 4.78 is 37.7. The van der Waals surface area contributed by atoms with E-state index >= 15 is 0 Å². The molecule has 0 bridgehead atoms. The monoisotopic (exact) mass is 574 g/mol. The first-order chi connectivity index (χ1) is 20.5. The van der Waals surface area contributed by atoms with Gasteiger partial charge in [-0.2, -0.15) is 0 Å². The van der Waals surface area contributed by atoms with Crippen molar-refractivity contribution in [3.05, 3.63) is 89.9 Å². The fourth-order valence-corrected chi connectivity index (χ4v) is 4.51. The third-order valence-electron chi connectivity index (χ3n) is 6.62. The van der Waals surface area contributed by atoms with Crippen molar-refractivity contribution in [2.45, 2.75) is 19.4 Å². The summed E-state index contributed by atoms with van der Waals surface area (Å²) in [6.45, 7) is 1.16. The van der Waals surface area contributed by atoms with Crippen molar-refractivity contribution in [1.29, 1.82) is 0 Å². The van der Waals surface area contributed by atoms with Gasteiger partial charge in [0.05, 0.1) is 50.3 Å². The number of amides is 1. The second-order valence-electron chi connectivity index (χ2n) is 9.25. The molecule has 0 saturated carbocycles. The van der Waals surface area contributed by atoms with Crippen LogP contribution >= 0.6 is 0 Å². The molecule has 5 rings (SSSR count). The van der Waals surface area contributed by atoms with Crippen LogP contribution in [0.1, 0.15) is 27.9 Å². The van der Waals surface area contributed by atoms with Gasteiger partial charge in [0.1, 0.15) is 23.7 Å². The molecule has 5 aromatic rings. The maximum Gasteiger partial charge on any atom is 0.273 e. The smallest absolute Gasteiger partial charge is 0.273 e. The Bertz CT molecular complexity index is 1680. The number of oxazole rings is 1. The molecule has 42 heavy (non-hydrogen) atoms. The molecule has 218 valence electrons. The lowest BCUT2D eigenvalue weighted by Crippen LogP contribution is -2.24. The van der Waals surface area contributed by atoms with Crippen LogP contribution in [0.15, 0.2) is 65.4 Å². The van der Waals surface area contributed by atoms with Crippen LogP contribution in [-0.4, -0.2) is 59.8 Å². The number of pyridine rings is 1. The predicted molar refractivity (Wildman–Crippen MR) is 153 cm³/mol. The Morgan fingerprint density at radius 1 is 0.976 bits per heavy atom. The average Bonchev–Trinajstić information content (AvgIpc) is 3.64. The van der Waals surface area contributed by atoms with Gasteiger partial charge in [0.15, 0.2) is 23.1 Å². The first-order valence-corrected chi connectivity index (χ1v) is 13.3. The van der Waals surface area contributed by atoms with E-state index in [4.69, 9.17) is 23.6 Å². The van der Waals surface area contributed by atoms with E-state index in [9.17, 15) is 9.18 Å². The maximum absolute atomic E-state index is 13.7. The summed E-state index contributed by atoms with van der Waals surface area (Å²) in [5.74, 6) is 2.27. The molecule has 0 unspecified atom stereocenters. The fraction of sp³-hybridized carbons (Fsp3) is 0.267. The van der Waals surface area contributed by atoms with Crippen LogP contribution in [0, 0.1) is 5.82 Å². The predicted octanol–water partition coefficient (Wildman–Crippen LogP) is 3.88. The van der Waals surface area contributed by atoms with E-state index < -0.39 is 11.7 Å². The molecule has 0 fully saturated rings. The molecule has 0 radical (unpaired) electrons. The largest absolute Gasteiger partial charge is 0.497 e. The molecule has 3 heterocycles. The highest BCUT2D eigenvalue weighted by Gasteiger charge is 2.17. The van der Waals surface area contributed by atoms with E-state index in [0.717, 1.165) is 28.3 Å². The maximum atomic E-state index is 13.7. The van der Waals surface area contributed by atoms with Crippen LogP contribution in [0.5, 0.6) is 17.2 Å². The number of halogens is 1. The van der Waals surface area contributed by atoms with Gasteiger partial charge in [0.25, 0.3) is 5.91 Å². The number of benzene rings is 2. The second kappa shape index (κ2) is 13.1. The summed E-state index contributed by atoms with van der Waals surface area (Å²) in [4.78, 5) is 25.5. The van der Waals surface area contributed by atoms with E-state index in [1.165, 1.54) is 24.6 Å². The van der Waals surface area contributed by atoms with Gasteiger partial charge in [0, 0.05) is 50.3 Å². The third-order valence-corrected chi connectivity index (χ3v) is 6.62. The number of nitrogens with zero attached hydrogens (tertiary/aromatic N) is 4. The van der Waals surface area contributed by atoms with Crippen molar-refractivity contribution in [3.8, 4) is 22.9 Å². The first kappa shape index (κ1) is 28.6. The Morgan fingerprint density at radius 2 is 1.79 bits per heavy atom. The molecule has 1 amide bonds. The van der Waals surface area contributed by atoms with Crippen molar-refractivity contribution >= 4 is 16.9 Å². The Labute approximate surface area is 241 Å². The molecule has 0 spiro atoms. The van der Waals surface area contributed by atoms with Crippen LogP contribution in [-0.2, 0) is 19.4 Å². The molecule has 0 aliphatic rings. The summed E-state index contributed by atoms with van der Waals surface area (Å²) in [6.07, 6.45) is 3.86. The number of nitrogens with one attached hydrogen (secondary N) is 2. The number of hydrogen-bond donors (Lipinski definition) is 2. The van der Waals surface area contributed by atoms with E-state index in [1.54, 1.807) is 21.3 Å². The number of fused-ring (bicyclic) bond motifs is 1. The van der Waals surface area contributed by atoms with Gasteiger partial charge in [-0.15, -0.1) is 0 Å². The normalized spacial score (nSPS) is 11.0. The second-order valence-corrected chi connectivity index (χ2v) is 9.25. The van der Waals surface area contributed by atoms with Gasteiger partial charge in [-0.3, -0.25) is 14.3 Å². The zero-order valence-electron chi connectivity index (χ0n) is 23.5.